The van der Waals surface area contributed by atoms with Gasteiger partial charge in [0.15, 0.2) is 0 Å². The van der Waals surface area contributed by atoms with Crippen molar-refractivity contribution in [2.24, 2.45) is 34.5 Å². The number of hydrogen-bond donors (Lipinski definition) is 1. The maximum absolute atomic E-state index is 13.0. The maximum Gasteiger partial charge on any atom is 0.309 e. The van der Waals surface area contributed by atoms with Crippen molar-refractivity contribution < 1.29 is 19.4 Å². The van der Waals surface area contributed by atoms with Gasteiger partial charge in [0.2, 0.25) is 0 Å². The van der Waals surface area contributed by atoms with Crippen molar-refractivity contribution in [3.8, 4) is 0 Å². The summed E-state index contributed by atoms with van der Waals surface area (Å²) in [4.78, 5) is 15.3. The van der Waals surface area contributed by atoms with Gasteiger partial charge in [-0.15, -0.1) is 0 Å². The predicted molar refractivity (Wildman–Crippen MR) is 149 cm³/mol. The molecule has 1 N–H and O–H groups in total. The van der Waals surface area contributed by atoms with E-state index in [2.05, 4.69) is 43.6 Å². The molecule has 38 heavy (non-hydrogen) atoms. The first-order chi connectivity index (χ1) is 18.2. The molecule has 7 unspecified atom stereocenters. The summed E-state index contributed by atoms with van der Waals surface area (Å²) in [7, 11) is 0. The molecule has 4 fully saturated rings. The second kappa shape index (κ2) is 9.57. The molecule has 2 heterocycles. The molecule has 0 radical (unpaired) electrons. The minimum Gasteiger partial charge on any atom is -0.497 e. The molecule has 0 bridgehead atoms. The second-order valence-corrected chi connectivity index (χ2v) is 13.7. The van der Waals surface area contributed by atoms with Crippen LogP contribution in [0.4, 0.5) is 0 Å². The Balaban J connectivity index is 1.15. The highest BCUT2D eigenvalue weighted by Crippen LogP contribution is 2.69. The van der Waals surface area contributed by atoms with Crippen LogP contribution in [0.1, 0.15) is 85.0 Å². The third-order valence-electron chi connectivity index (χ3n) is 12.0. The molecule has 0 aromatic carbocycles. The number of likely N-dealkylation sites (tertiary alicyclic amines) is 1. The molecular weight excluding hydrogens is 474 g/mol. The quantitative estimate of drug-likeness (QED) is 0.347. The first-order valence-corrected chi connectivity index (χ1v) is 15.2. The van der Waals surface area contributed by atoms with Crippen molar-refractivity contribution in [1.29, 1.82) is 0 Å². The van der Waals surface area contributed by atoms with Crippen LogP contribution in [0.15, 0.2) is 47.9 Å². The lowest BCUT2D eigenvalue weighted by atomic mass is 9.45. The average Bonchev–Trinajstić information content (AvgIpc) is 3.20. The van der Waals surface area contributed by atoms with Gasteiger partial charge in [0, 0.05) is 24.2 Å². The Morgan fingerprint density at radius 2 is 1.87 bits per heavy atom. The number of aliphatic hydroxyl groups is 1. The summed E-state index contributed by atoms with van der Waals surface area (Å²) in [6.07, 6.45) is 18.4. The van der Waals surface area contributed by atoms with E-state index in [1.165, 1.54) is 11.1 Å². The highest BCUT2D eigenvalue weighted by molar-refractivity contribution is 5.73. The molecule has 5 nitrogen and oxygen atoms in total. The molecule has 6 aliphatic rings. The number of carbonyl (C=O) groups is 1. The Morgan fingerprint density at radius 1 is 1.08 bits per heavy atom. The number of piperidine rings is 1. The molecule has 3 saturated carbocycles. The van der Waals surface area contributed by atoms with Gasteiger partial charge in [-0.3, -0.25) is 4.79 Å². The summed E-state index contributed by atoms with van der Waals surface area (Å²) in [5, 5.41) is 12.4. The summed E-state index contributed by atoms with van der Waals surface area (Å²) in [5.41, 5.74) is 3.21. The maximum atomic E-state index is 13.0. The van der Waals surface area contributed by atoms with E-state index in [-0.39, 0.29) is 28.8 Å². The van der Waals surface area contributed by atoms with E-state index in [1.807, 2.05) is 13.2 Å². The fraction of sp³-hybridized carbons (Fsp3) is 0.727. The Morgan fingerprint density at radius 3 is 2.58 bits per heavy atom. The van der Waals surface area contributed by atoms with E-state index in [0.717, 1.165) is 83.0 Å². The average molecular weight is 522 g/mol. The van der Waals surface area contributed by atoms with Crippen LogP contribution in [0, 0.1) is 34.5 Å². The predicted octanol–water partition coefficient (Wildman–Crippen LogP) is 6.31. The van der Waals surface area contributed by atoms with Crippen LogP contribution in [0.25, 0.3) is 0 Å². The molecule has 0 spiro atoms. The lowest BCUT2D eigenvalue weighted by Crippen LogP contribution is -2.60. The fourth-order valence-corrected chi connectivity index (χ4v) is 9.66. The molecule has 1 saturated heterocycles. The van der Waals surface area contributed by atoms with Gasteiger partial charge in [0.1, 0.15) is 12.7 Å². The van der Waals surface area contributed by atoms with E-state index < -0.39 is 5.60 Å². The van der Waals surface area contributed by atoms with E-state index >= 15 is 0 Å². The minimum atomic E-state index is -0.622. The highest BCUT2D eigenvalue weighted by atomic mass is 16.5. The van der Waals surface area contributed by atoms with Crippen molar-refractivity contribution in [3.63, 3.8) is 0 Å². The smallest absolute Gasteiger partial charge is 0.309 e. The molecule has 0 aromatic rings. The topological polar surface area (TPSA) is 59.0 Å². The SMILES string of the molecule is C=C(C)N1CCC(C(=O)OC2C=C3CCC4C(CCC5(C)C(C6=COCC=C6)CCC45O)C3(C)CC2)CC1. The van der Waals surface area contributed by atoms with Gasteiger partial charge in [0.25, 0.3) is 0 Å². The zero-order valence-electron chi connectivity index (χ0n) is 23.7. The van der Waals surface area contributed by atoms with Crippen molar-refractivity contribution in [3.05, 3.63) is 47.9 Å². The van der Waals surface area contributed by atoms with Gasteiger partial charge in [0.05, 0.1) is 17.8 Å². The third kappa shape index (κ3) is 4.01. The summed E-state index contributed by atoms with van der Waals surface area (Å²) in [6, 6.07) is 0. The molecule has 2 aliphatic heterocycles. The highest BCUT2D eigenvalue weighted by Gasteiger charge is 2.66. The molecule has 4 aliphatic carbocycles. The van der Waals surface area contributed by atoms with Crippen LogP contribution < -0.4 is 0 Å². The molecule has 0 aromatic heterocycles. The number of allylic oxidation sites excluding steroid dienone is 4. The molecule has 208 valence electrons. The van der Waals surface area contributed by atoms with Crippen LogP contribution >= 0.6 is 0 Å². The van der Waals surface area contributed by atoms with Gasteiger partial charge in [-0.1, -0.05) is 32.1 Å². The first kappa shape index (κ1) is 26.2. The number of ether oxygens (including phenoxy) is 2. The van der Waals surface area contributed by atoms with Crippen molar-refractivity contribution in [2.45, 2.75) is 96.7 Å². The number of nitrogens with zero attached hydrogens (tertiary/aromatic N) is 1. The van der Waals surface area contributed by atoms with E-state index in [9.17, 15) is 9.90 Å². The minimum absolute atomic E-state index is 0.00755. The Kier molecular flexibility index (Phi) is 6.61. The van der Waals surface area contributed by atoms with Crippen molar-refractivity contribution in [2.75, 3.05) is 19.7 Å². The fourth-order valence-electron chi connectivity index (χ4n) is 9.66. The van der Waals surface area contributed by atoms with Gasteiger partial charge >= 0.3 is 5.97 Å². The van der Waals surface area contributed by atoms with Crippen LogP contribution in [0.2, 0.25) is 0 Å². The normalized spacial score (nSPS) is 42.7. The molecule has 0 amide bonds. The number of hydrogen-bond acceptors (Lipinski definition) is 5. The zero-order valence-corrected chi connectivity index (χ0v) is 23.7. The van der Waals surface area contributed by atoms with E-state index in [4.69, 9.17) is 9.47 Å². The van der Waals surface area contributed by atoms with Crippen molar-refractivity contribution >= 4 is 5.97 Å². The van der Waals surface area contributed by atoms with Gasteiger partial charge in [-0.05, 0) is 112 Å². The van der Waals surface area contributed by atoms with Crippen LogP contribution in [-0.2, 0) is 14.3 Å². The lowest BCUT2D eigenvalue weighted by molar-refractivity contribution is -0.182. The Labute approximate surface area is 229 Å². The number of carbonyl (C=O) groups excluding carboxylic acids is 1. The summed E-state index contributed by atoms with van der Waals surface area (Å²) >= 11 is 0. The van der Waals surface area contributed by atoms with E-state index in [0.29, 0.717) is 24.4 Å². The standard InChI is InChI=1S/C33H47NO4/c1-22(2)34-17-12-23(13-18-34)30(35)38-26-9-14-31(3)25(20-26)7-8-29-28(31)10-15-32(4)27(11-16-33(29,32)36)24-6-5-19-37-21-24/h5-6,20-21,23,26-29,36H,1,7-19H2,2-4H3. The Bertz CT molecular complexity index is 1070. The second-order valence-electron chi connectivity index (χ2n) is 13.7. The molecule has 7 atom stereocenters. The molecular formula is C33H47NO4. The molecule has 5 heteroatoms. The summed E-state index contributed by atoms with van der Waals surface area (Å²) < 4.78 is 11.8. The number of esters is 1. The van der Waals surface area contributed by atoms with Crippen LogP contribution in [0.5, 0.6) is 0 Å². The van der Waals surface area contributed by atoms with E-state index in [1.54, 1.807) is 0 Å². The molecule has 6 rings (SSSR count). The summed E-state index contributed by atoms with van der Waals surface area (Å²) in [6.45, 7) is 13.3. The number of fused-ring (bicyclic) bond motifs is 5. The third-order valence-corrected chi connectivity index (χ3v) is 12.0. The monoisotopic (exact) mass is 521 g/mol. The lowest BCUT2D eigenvalue weighted by Gasteiger charge is -2.62. The zero-order chi connectivity index (χ0) is 26.7. The Hall–Kier alpha value is -2.01. The van der Waals surface area contributed by atoms with Gasteiger partial charge < -0.3 is 19.5 Å². The van der Waals surface area contributed by atoms with Crippen molar-refractivity contribution in [1.82, 2.24) is 4.90 Å². The largest absolute Gasteiger partial charge is 0.497 e. The first-order valence-electron chi connectivity index (χ1n) is 15.2. The van der Waals surface area contributed by atoms with Crippen LogP contribution in [0.3, 0.4) is 0 Å². The summed E-state index contributed by atoms with van der Waals surface area (Å²) in [5.74, 6) is 1.19. The van der Waals surface area contributed by atoms with Gasteiger partial charge in [-0.2, -0.15) is 0 Å². The van der Waals surface area contributed by atoms with Gasteiger partial charge in [-0.25, -0.2) is 0 Å². The number of rotatable bonds is 4. The van der Waals surface area contributed by atoms with Crippen LogP contribution in [-0.4, -0.2) is 47.4 Å².